The van der Waals surface area contributed by atoms with E-state index in [1.165, 1.54) is 5.56 Å². The van der Waals surface area contributed by atoms with E-state index in [9.17, 15) is 5.11 Å². The van der Waals surface area contributed by atoms with Crippen molar-refractivity contribution in [1.29, 1.82) is 0 Å². The summed E-state index contributed by atoms with van der Waals surface area (Å²) in [5.74, 6) is 0. The van der Waals surface area contributed by atoms with Crippen LogP contribution in [0.1, 0.15) is 31.4 Å². The highest BCUT2D eigenvalue weighted by Crippen LogP contribution is 2.20. The first-order valence-electron chi connectivity index (χ1n) is 5.88. The Hall–Kier alpha value is -0.420. The van der Waals surface area contributed by atoms with Crippen LogP contribution in [0.15, 0.2) is 16.8 Å². The van der Waals surface area contributed by atoms with Gasteiger partial charge in [-0.2, -0.15) is 11.3 Å². The van der Waals surface area contributed by atoms with Gasteiger partial charge in [-0.15, -0.1) is 0 Å². The SMILES string of the molecule is CC(NCC1(O)CCNCC1)c1ccsc1. The lowest BCUT2D eigenvalue weighted by Gasteiger charge is -2.33. The number of hydrogen-bond donors (Lipinski definition) is 3. The number of piperidine rings is 1. The highest BCUT2D eigenvalue weighted by molar-refractivity contribution is 7.07. The fourth-order valence-corrected chi connectivity index (χ4v) is 2.81. The molecule has 16 heavy (non-hydrogen) atoms. The molecule has 0 aromatic carbocycles. The molecular weight excluding hydrogens is 220 g/mol. The Morgan fingerprint density at radius 1 is 1.56 bits per heavy atom. The molecular formula is C12H20N2OS. The fourth-order valence-electron chi connectivity index (χ4n) is 2.05. The van der Waals surface area contributed by atoms with Crippen molar-refractivity contribution in [2.24, 2.45) is 0 Å². The summed E-state index contributed by atoms with van der Waals surface area (Å²) in [7, 11) is 0. The minimum Gasteiger partial charge on any atom is -0.388 e. The molecule has 1 aromatic rings. The largest absolute Gasteiger partial charge is 0.388 e. The molecule has 1 saturated heterocycles. The standard InChI is InChI=1S/C12H20N2OS/c1-10(11-2-7-16-8-11)14-9-12(15)3-5-13-6-4-12/h2,7-8,10,13-15H,3-6,9H2,1H3. The Morgan fingerprint density at radius 2 is 2.31 bits per heavy atom. The van der Waals surface area contributed by atoms with Crippen molar-refractivity contribution in [1.82, 2.24) is 10.6 Å². The third kappa shape index (κ3) is 3.04. The van der Waals surface area contributed by atoms with Crippen molar-refractivity contribution in [2.75, 3.05) is 19.6 Å². The number of thiophene rings is 1. The summed E-state index contributed by atoms with van der Waals surface area (Å²) in [6.07, 6.45) is 1.69. The van der Waals surface area contributed by atoms with Crippen molar-refractivity contribution >= 4 is 11.3 Å². The van der Waals surface area contributed by atoms with E-state index in [2.05, 4.69) is 34.4 Å². The average Bonchev–Trinajstić information content (AvgIpc) is 2.80. The fraction of sp³-hybridized carbons (Fsp3) is 0.667. The van der Waals surface area contributed by atoms with Crippen LogP contribution in [0.25, 0.3) is 0 Å². The van der Waals surface area contributed by atoms with Gasteiger partial charge in [0.05, 0.1) is 5.60 Å². The van der Waals surface area contributed by atoms with E-state index >= 15 is 0 Å². The quantitative estimate of drug-likeness (QED) is 0.747. The normalized spacial score (nSPS) is 21.9. The lowest BCUT2D eigenvalue weighted by atomic mass is 9.92. The summed E-state index contributed by atoms with van der Waals surface area (Å²) in [6.45, 7) is 4.67. The maximum atomic E-state index is 10.3. The number of rotatable bonds is 4. The van der Waals surface area contributed by atoms with Crippen molar-refractivity contribution in [3.8, 4) is 0 Å². The van der Waals surface area contributed by atoms with Gasteiger partial charge in [0.15, 0.2) is 0 Å². The molecule has 1 aromatic heterocycles. The third-order valence-corrected chi connectivity index (χ3v) is 4.02. The number of nitrogens with one attached hydrogen (secondary N) is 2. The van der Waals surface area contributed by atoms with Gasteiger partial charge in [-0.1, -0.05) is 0 Å². The molecule has 1 aliphatic heterocycles. The smallest absolute Gasteiger partial charge is 0.0795 e. The Labute approximate surface area is 101 Å². The molecule has 0 spiro atoms. The monoisotopic (exact) mass is 240 g/mol. The highest BCUT2D eigenvalue weighted by Gasteiger charge is 2.29. The molecule has 0 saturated carbocycles. The Bertz CT molecular complexity index is 307. The zero-order chi connectivity index (χ0) is 11.4. The van der Waals surface area contributed by atoms with E-state index in [-0.39, 0.29) is 0 Å². The predicted molar refractivity (Wildman–Crippen MR) is 67.8 cm³/mol. The van der Waals surface area contributed by atoms with E-state index in [4.69, 9.17) is 0 Å². The molecule has 4 heteroatoms. The van der Waals surface area contributed by atoms with Crippen LogP contribution in [0.4, 0.5) is 0 Å². The maximum absolute atomic E-state index is 10.3. The van der Waals surface area contributed by atoms with Gasteiger partial charge < -0.3 is 15.7 Å². The zero-order valence-electron chi connectivity index (χ0n) is 9.70. The third-order valence-electron chi connectivity index (χ3n) is 3.31. The molecule has 1 aliphatic rings. The molecule has 0 radical (unpaired) electrons. The van der Waals surface area contributed by atoms with E-state index in [0.717, 1.165) is 25.9 Å². The van der Waals surface area contributed by atoms with Crippen LogP contribution in [-0.4, -0.2) is 30.3 Å². The molecule has 0 amide bonds. The second-order valence-electron chi connectivity index (χ2n) is 4.63. The van der Waals surface area contributed by atoms with Crippen molar-refractivity contribution < 1.29 is 5.11 Å². The molecule has 3 nitrogen and oxygen atoms in total. The highest BCUT2D eigenvalue weighted by atomic mass is 32.1. The van der Waals surface area contributed by atoms with Crippen molar-refractivity contribution in [3.05, 3.63) is 22.4 Å². The van der Waals surface area contributed by atoms with Crippen LogP contribution in [-0.2, 0) is 0 Å². The summed E-state index contributed by atoms with van der Waals surface area (Å²) in [5, 5.41) is 21.3. The van der Waals surface area contributed by atoms with Gasteiger partial charge in [0, 0.05) is 12.6 Å². The van der Waals surface area contributed by atoms with Gasteiger partial charge >= 0.3 is 0 Å². The number of hydrogen-bond acceptors (Lipinski definition) is 4. The van der Waals surface area contributed by atoms with E-state index in [1.807, 2.05) is 0 Å². The molecule has 90 valence electrons. The second-order valence-corrected chi connectivity index (χ2v) is 5.41. The molecule has 0 aliphatic carbocycles. The first kappa shape index (κ1) is 12.0. The first-order valence-corrected chi connectivity index (χ1v) is 6.82. The van der Waals surface area contributed by atoms with Crippen LogP contribution < -0.4 is 10.6 Å². The van der Waals surface area contributed by atoms with Gasteiger partial charge in [-0.05, 0) is 55.2 Å². The van der Waals surface area contributed by atoms with Gasteiger partial charge in [0.1, 0.15) is 0 Å². The summed E-state index contributed by atoms with van der Waals surface area (Å²) < 4.78 is 0. The minimum absolute atomic E-state index is 0.324. The van der Waals surface area contributed by atoms with Gasteiger partial charge in [0.25, 0.3) is 0 Å². The van der Waals surface area contributed by atoms with Crippen molar-refractivity contribution in [2.45, 2.75) is 31.4 Å². The topological polar surface area (TPSA) is 44.3 Å². The van der Waals surface area contributed by atoms with Crippen LogP contribution in [0, 0.1) is 0 Å². The summed E-state index contributed by atoms with van der Waals surface area (Å²) in [4.78, 5) is 0. The molecule has 0 bridgehead atoms. The summed E-state index contributed by atoms with van der Waals surface area (Å²) >= 11 is 1.72. The van der Waals surface area contributed by atoms with Crippen LogP contribution in [0.2, 0.25) is 0 Å². The average molecular weight is 240 g/mol. The van der Waals surface area contributed by atoms with Crippen LogP contribution >= 0.6 is 11.3 Å². The molecule has 1 atom stereocenters. The van der Waals surface area contributed by atoms with E-state index in [0.29, 0.717) is 12.6 Å². The molecule has 2 rings (SSSR count). The Kier molecular flexibility index (Phi) is 3.97. The molecule has 2 heterocycles. The van der Waals surface area contributed by atoms with Gasteiger partial charge in [0.2, 0.25) is 0 Å². The lowest BCUT2D eigenvalue weighted by Crippen LogP contribution is -2.48. The predicted octanol–water partition coefficient (Wildman–Crippen LogP) is 1.51. The zero-order valence-corrected chi connectivity index (χ0v) is 10.5. The second kappa shape index (κ2) is 5.27. The van der Waals surface area contributed by atoms with E-state index in [1.54, 1.807) is 11.3 Å². The van der Waals surface area contributed by atoms with Gasteiger partial charge in [-0.25, -0.2) is 0 Å². The minimum atomic E-state index is -0.518. The summed E-state index contributed by atoms with van der Waals surface area (Å²) in [5.41, 5.74) is 0.790. The van der Waals surface area contributed by atoms with Crippen molar-refractivity contribution in [3.63, 3.8) is 0 Å². The van der Waals surface area contributed by atoms with Crippen LogP contribution in [0.3, 0.4) is 0 Å². The Balaban J connectivity index is 1.82. The lowest BCUT2D eigenvalue weighted by molar-refractivity contribution is 0.00921. The van der Waals surface area contributed by atoms with E-state index < -0.39 is 5.60 Å². The number of aliphatic hydroxyl groups is 1. The molecule has 1 fully saturated rings. The molecule has 1 unspecified atom stereocenters. The first-order chi connectivity index (χ1) is 7.70. The van der Waals surface area contributed by atoms with Gasteiger partial charge in [-0.3, -0.25) is 0 Å². The van der Waals surface area contributed by atoms with Crippen LogP contribution in [0.5, 0.6) is 0 Å². The Morgan fingerprint density at radius 3 is 2.94 bits per heavy atom. The summed E-state index contributed by atoms with van der Waals surface area (Å²) in [6, 6.07) is 2.46. The molecule has 3 N–H and O–H groups in total. The maximum Gasteiger partial charge on any atom is 0.0795 e.